The molecule has 51 heavy (non-hydrogen) atoms. The molecule has 0 bridgehead atoms. The summed E-state index contributed by atoms with van der Waals surface area (Å²) in [7, 11) is 0. The molecule has 4 heteroatoms. The minimum Gasteiger partial charge on any atom is -0.445 e. The van der Waals surface area contributed by atoms with Crippen LogP contribution in [0.15, 0.2) is 179 Å². The molecule has 2 heterocycles. The van der Waals surface area contributed by atoms with Crippen molar-refractivity contribution in [3.63, 3.8) is 0 Å². The van der Waals surface area contributed by atoms with E-state index in [2.05, 4.69) is 156 Å². The van der Waals surface area contributed by atoms with Crippen LogP contribution in [0.25, 0.3) is 78.2 Å². The summed E-state index contributed by atoms with van der Waals surface area (Å²) >= 11 is 0. The normalized spacial score (nSPS) is 13.3. The van der Waals surface area contributed by atoms with Crippen molar-refractivity contribution in [1.29, 1.82) is 0 Å². The van der Waals surface area contributed by atoms with Crippen LogP contribution in [-0.4, -0.2) is 9.97 Å². The van der Waals surface area contributed by atoms with E-state index in [0.717, 1.165) is 22.3 Å². The van der Waals surface area contributed by atoms with E-state index in [0.29, 0.717) is 11.8 Å². The van der Waals surface area contributed by atoms with Crippen LogP contribution in [0.5, 0.6) is 0 Å². The molecule has 0 unspecified atom stereocenters. The molecule has 2 aromatic heterocycles. The van der Waals surface area contributed by atoms with Crippen LogP contribution >= 0.6 is 0 Å². The molecule has 0 aliphatic heterocycles. The van der Waals surface area contributed by atoms with E-state index in [4.69, 9.17) is 8.83 Å². The van der Waals surface area contributed by atoms with Gasteiger partial charge in [-0.15, -0.1) is 0 Å². The highest BCUT2D eigenvalue weighted by molar-refractivity contribution is 6.11. The first-order valence-corrected chi connectivity index (χ1v) is 17.2. The van der Waals surface area contributed by atoms with Crippen molar-refractivity contribution in [2.45, 2.75) is 5.41 Å². The van der Waals surface area contributed by atoms with E-state index in [1.54, 1.807) is 24.9 Å². The van der Waals surface area contributed by atoms with Crippen molar-refractivity contribution in [1.82, 2.24) is 9.97 Å². The molecule has 2 aliphatic rings. The van der Waals surface area contributed by atoms with Gasteiger partial charge in [-0.25, -0.2) is 9.97 Å². The Labute approximate surface area is 294 Å². The average molecular weight is 653 g/mol. The zero-order valence-electron chi connectivity index (χ0n) is 27.4. The van der Waals surface area contributed by atoms with E-state index >= 15 is 0 Å². The molecule has 9 aromatic rings. The molecule has 238 valence electrons. The van der Waals surface area contributed by atoms with Gasteiger partial charge in [0, 0.05) is 11.1 Å². The number of oxazole rings is 2. The molecule has 7 aromatic carbocycles. The van der Waals surface area contributed by atoms with Gasteiger partial charge in [-0.1, -0.05) is 109 Å². The second-order valence-corrected chi connectivity index (χ2v) is 13.3. The molecule has 0 atom stereocenters. The van der Waals surface area contributed by atoms with E-state index in [-0.39, 0.29) is 0 Å². The Bertz CT molecular complexity index is 2730. The topological polar surface area (TPSA) is 52.1 Å². The van der Waals surface area contributed by atoms with Gasteiger partial charge in [0.2, 0.25) is 11.8 Å². The molecule has 2 aliphatic carbocycles. The summed E-state index contributed by atoms with van der Waals surface area (Å²) in [6.45, 7) is 0. The molecule has 1 spiro atoms. The van der Waals surface area contributed by atoms with Gasteiger partial charge in [0.25, 0.3) is 0 Å². The lowest BCUT2D eigenvalue weighted by molar-refractivity contribution is 0.574. The average Bonchev–Trinajstić information content (AvgIpc) is 4.02. The van der Waals surface area contributed by atoms with Gasteiger partial charge in [-0.05, 0) is 114 Å². The van der Waals surface area contributed by atoms with Crippen LogP contribution < -0.4 is 0 Å². The number of hydrogen-bond acceptors (Lipinski definition) is 4. The summed E-state index contributed by atoms with van der Waals surface area (Å²) in [5.41, 5.74) is 16.5. The summed E-state index contributed by atoms with van der Waals surface area (Å²) in [5.74, 6) is 1.25. The van der Waals surface area contributed by atoms with Gasteiger partial charge in [0.05, 0.1) is 17.8 Å². The van der Waals surface area contributed by atoms with Crippen molar-refractivity contribution in [2.75, 3.05) is 0 Å². The standard InChI is InChI=1S/C47H28N2O2/c1-2-10-37-34(7-1)39(30-15-19-32(20-16-30)46-49-24-26-51-46)28-43-44(37)38-22-21-33(29-13-17-31(18-14-29)45-48-23-25-50-45)27-42(38)47(43)40-11-5-3-8-35(40)36-9-4-6-12-41(36)47/h1-28H. The fourth-order valence-electron chi connectivity index (χ4n) is 8.74. The smallest absolute Gasteiger partial charge is 0.225 e. The summed E-state index contributed by atoms with van der Waals surface area (Å²) in [5, 5.41) is 2.48. The van der Waals surface area contributed by atoms with Gasteiger partial charge in [-0.3, -0.25) is 0 Å². The van der Waals surface area contributed by atoms with E-state index in [1.807, 2.05) is 0 Å². The molecule has 0 radical (unpaired) electrons. The van der Waals surface area contributed by atoms with Crippen LogP contribution in [0.4, 0.5) is 0 Å². The molecular weight excluding hydrogens is 625 g/mol. The predicted octanol–water partition coefficient (Wildman–Crippen LogP) is 11.8. The minimum atomic E-state index is -0.497. The quantitative estimate of drug-likeness (QED) is 0.190. The van der Waals surface area contributed by atoms with Gasteiger partial charge in [-0.2, -0.15) is 0 Å². The first-order chi connectivity index (χ1) is 25.3. The zero-order chi connectivity index (χ0) is 33.5. The number of benzene rings is 7. The van der Waals surface area contributed by atoms with E-state index in [9.17, 15) is 0 Å². The van der Waals surface area contributed by atoms with E-state index < -0.39 is 5.41 Å². The van der Waals surface area contributed by atoms with Gasteiger partial charge in [0.1, 0.15) is 12.5 Å². The second kappa shape index (κ2) is 10.6. The monoisotopic (exact) mass is 652 g/mol. The van der Waals surface area contributed by atoms with Crippen LogP contribution in [0.1, 0.15) is 22.3 Å². The maximum Gasteiger partial charge on any atom is 0.225 e. The molecule has 0 fully saturated rings. The Hall–Kier alpha value is -6.78. The highest BCUT2D eigenvalue weighted by Gasteiger charge is 2.52. The highest BCUT2D eigenvalue weighted by Crippen LogP contribution is 2.64. The van der Waals surface area contributed by atoms with Crippen molar-refractivity contribution in [3.8, 4) is 67.4 Å². The number of aromatic nitrogens is 2. The van der Waals surface area contributed by atoms with Crippen molar-refractivity contribution < 1.29 is 8.83 Å². The summed E-state index contributed by atoms with van der Waals surface area (Å²) in [4.78, 5) is 8.72. The lowest BCUT2D eigenvalue weighted by Gasteiger charge is -2.31. The van der Waals surface area contributed by atoms with Crippen molar-refractivity contribution in [3.05, 3.63) is 193 Å². The number of fused-ring (bicyclic) bond motifs is 12. The Balaban J connectivity index is 1.19. The van der Waals surface area contributed by atoms with Crippen LogP contribution in [0, 0.1) is 0 Å². The Morgan fingerprint density at radius 1 is 0.373 bits per heavy atom. The van der Waals surface area contributed by atoms with Crippen molar-refractivity contribution >= 4 is 10.8 Å². The fourth-order valence-corrected chi connectivity index (χ4v) is 8.74. The third-order valence-electron chi connectivity index (χ3n) is 10.9. The molecule has 0 saturated heterocycles. The van der Waals surface area contributed by atoms with Gasteiger partial charge in [0.15, 0.2) is 0 Å². The largest absolute Gasteiger partial charge is 0.445 e. The predicted molar refractivity (Wildman–Crippen MR) is 202 cm³/mol. The van der Waals surface area contributed by atoms with Crippen molar-refractivity contribution in [2.24, 2.45) is 0 Å². The maximum atomic E-state index is 5.61. The van der Waals surface area contributed by atoms with Gasteiger partial charge >= 0.3 is 0 Å². The molecule has 4 nitrogen and oxygen atoms in total. The minimum absolute atomic E-state index is 0.497. The number of hydrogen-bond donors (Lipinski definition) is 0. The first-order valence-electron chi connectivity index (χ1n) is 17.2. The second-order valence-electron chi connectivity index (χ2n) is 13.3. The fraction of sp³-hybridized carbons (Fsp3) is 0.0213. The first kappa shape index (κ1) is 28.1. The van der Waals surface area contributed by atoms with Gasteiger partial charge < -0.3 is 8.83 Å². The Kier molecular flexibility index (Phi) is 5.84. The third-order valence-corrected chi connectivity index (χ3v) is 10.9. The Morgan fingerprint density at radius 3 is 1.51 bits per heavy atom. The summed E-state index contributed by atoms with van der Waals surface area (Å²) < 4.78 is 11.2. The summed E-state index contributed by atoms with van der Waals surface area (Å²) in [6, 6.07) is 53.5. The third kappa shape index (κ3) is 3.90. The summed E-state index contributed by atoms with van der Waals surface area (Å²) in [6.07, 6.45) is 6.59. The lowest BCUT2D eigenvalue weighted by Crippen LogP contribution is -2.26. The van der Waals surface area contributed by atoms with E-state index in [1.165, 1.54) is 66.4 Å². The molecule has 0 saturated carbocycles. The number of rotatable bonds is 4. The molecule has 0 N–H and O–H groups in total. The molecular formula is C47H28N2O2. The van der Waals surface area contributed by atoms with Crippen LogP contribution in [-0.2, 0) is 5.41 Å². The van der Waals surface area contributed by atoms with Crippen LogP contribution in [0.2, 0.25) is 0 Å². The van der Waals surface area contributed by atoms with Crippen LogP contribution in [0.3, 0.4) is 0 Å². The number of nitrogens with zero attached hydrogens (tertiary/aromatic N) is 2. The molecule has 0 amide bonds. The SMILES string of the molecule is c1ccc2c(c1)-c1ccccc1C21c2cc(-c3ccc(-c4ncco4)cc3)ccc2-c2c1cc(-c1ccc(-c3ncco3)cc1)c1ccccc21. The highest BCUT2D eigenvalue weighted by atomic mass is 16.3. The lowest BCUT2D eigenvalue weighted by atomic mass is 9.69. The zero-order valence-corrected chi connectivity index (χ0v) is 27.4. The maximum absolute atomic E-state index is 5.61. The molecule has 11 rings (SSSR count). The Morgan fingerprint density at radius 2 is 0.902 bits per heavy atom.